The summed E-state index contributed by atoms with van der Waals surface area (Å²) in [6, 6.07) is 8.24. The van der Waals surface area contributed by atoms with Crippen LogP contribution in [-0.2, 0) is 9.59 Å². The van der Waals surface area contributed by atoms with Crippen LogP contribution in [0.4, 0.5) is 0 Å². The molecular formula is C22H30ClN3O2. The number of rotatable bonds is 4. The monoisotopic (exact) mass is 403 g/mol. The highest BCUT2D eigenvalue weighted by atomic mass is 35.5. The fourth-order valence-electron chi connectivity index (χ4n) is 4.57. The maximum Gasteiger partial charge on any atom is 0.227 e. The summed E-state index contributed by atoms with van der Waals surface area (Å²) in [5, 5.41) is 0.802. The molecule has 0 N–H and O–H groups in total. The lowest BCUT2D eigenvalue weighted by atomic mass is 9.95. The minimum Gasteiger partial charge on any atom is -0.342 e. The summed E-state index contributed by atoms with van der Waals surface area (Å²) in [5.41, 5.74) is 1.14. The zero-order chi connectivity index (χ0) is 19.7. The Kier molecular flexibility index (Phi) is 5.93. The highest BCUT2D eigenvalue weighted by Crippen LogP contribution is 2.33. The van der Waals surface area contributed by atoms with Crippen LogP contribution in [0.5, 0.6) is 0 Å². The normalized spacial score (nSPS) is 24.9. The van der Waals surface area contributed by atoms with Gasteiger partial charge in [-0.25, -0.2) is 0 Å². The molecule has 5 nitrogen and oxygen atoms in total. The molecule has 1 saturated carbocycles. The standard InChI is InChI=1S/C22H30ClN3O2/c1-16(19-6-2-3-7-20(19)23)24-11-13-25(14-12-24)22(28)18-5-4-10-26(15-18)21(27)17-8-9-17/h2-3,6-7,16-18H,4-5,8-15H2,1H3. The van der Waals surface area contributed by atoms with E-state index in [1.807, 2.05) is 28.0 Å². The van der Waals surface area contributed by atoms with Crippen molar-refractivity contribution in [3.63, 3.8) is 0 Å². The van der Waals surface area contributed by atoms with E-state index in [0.29, 0.717) is 6.54 Å². The Morgan fingerprint density at radius 1 is 0.929 bits per heavy atom. The summed E-state index contributed by atoms with van der Waals surface area (Å²) in [7, 11) is 0. The smallest absolute Gasteiger partial charge is 0.227 e. The van der Waals surface area contributed by atoms with Gasteiger partial charge in [0.1, 0.15) is 0 Å². The molecule has 0 spiro atoms. The van der Waals surface area contributed by atoms with E-state index < -0.39 is 0 Å². The molecule has 0 aromatic heterocycles. The summed E-state index contributed by atoms with van der Waals surface area (Å²) in [6.45, 7) is 6.83. The molecule has 2 unspecified atom stereocenters. The van der Waals surface area contributed by atoms with Gasteiger partial charge in [0.2, 0.25) is 11.8 Å². The molecule has 2 heterocycles. The first-order valence-corrected chi connectivity index (χ1v) is 11.0. The third-order valence-corrected chi connectivity index (χ3v) is 6.88. The summed E-state index contributed by atoms with van der Waals surface area (Å²) >= 11 is 6.36. The second-order valence-corrected chi connectivity index (χ2v) is 8.86. The zero-order valence-corrected chi connectivity index (χ0v) is 17.4. The quantitative estimate of drug-likeness (QED) is 0.775. The molecule has 28 heavy (non-hydrogen) atoms. The summed E-state index contributed by atoms with van der Waals surface area (Å²) in [5.74, 6) is 0.724. The Morgan fingerprint density at radius 3 is 2.29 bits per heavy atom. The minimum atomic E-state index is -0.0241. The number of halogens is 1. The van der Waals surface area contributed by atoms with Crippen molar-refractivity contribution in [2.45, 2.75) is 38.6 Å². The number of carbonyl (C=O) groups is 2. The number of carbonyl (C=O) groups excluding carboxylic acids is 2. The number of hydrogen-bond acceptors (Lipinski definition) is 3. The van der Waals surface area contributed by atoms with E-state index in [1.165, 1.54) is 0 Å². The van der Waals surface area contributed by atoms with Crippen molar-refractivity contribution in [3.05, 3.63) is 34.9 Å². The molecule has 2 saturated heterocycles. The van der Waals surface area contributed by atoms with E-state index >= 15 is 0 Å². The topological polar surface area (TPSA) is 43.9 Å². The van der Waals surface area contributed by atoms with Gasteiger partial charge in [-0.1, -0.05) is 29.8 Å². The van der Waals surface area contributed by atoms with Crippen LogP contribution >= 0.6 is 11.6 Å². The molecule has 0 bridgehead atoms. The molecule has 0 radical (unpaired) electrons. The lowest BCUT2D eigenvalue weighted by molar-refractivity contribution is -0.142. The minimum absolute atomic E-state index is 0.0241. The fraction of sp³-hybridized carbons (Fsp3) is 0.636. The zero-order valence-electron chi connectivity index (χ0n) is 16.6. The van der Waals surface area contributed by atoms with E-state index in [4.69, 9.17) is 11.6 Å². The average molecular weight is 404 g/mol. The van der Waals surface area contributed by atoms with Gasteiger partial charge in [0.05, 0.1) is 5.92 Å². The van der Waals surface area contributed by atoms with Crippen LogP contribution in [0, 0.1) is 11.8 Å². The Morgan fingerprint density at radius 2 is 1.61 bits per heavy atom. The summed E-state index contributed by atoms with van der Waals surface area (Å²) in [4.78, 5) is 31.8. The van der Waals surface area contributed by atoms with Gasteiger partial charge in [0.15, 0.2) is 0 Å². The van der Waals surface area contributed by atoms with Gasteiger partial charge in [-0.15, -0.1) is 0 Å². The van der Waals surface area contributed by atoms with Crippen LogP contribution in [0.2, 0.25) is 5.02 Å². The molecule has 3 aliphatic rings. The van der Waals surface area contributed by atoms with Crippen LogP contribution in [0.25, 0.3) is 0 Å². The van der Waals surface area contributed by atoms with Gasteiger partial charge in [0, 0.05) is 56.3 Å². The molecule has 152 valence electrons. The summed E-state index contributed by atoms with van der Waals surface area (Å²) in [6.07, 6.45) is 3.90. The Balaban J connectivity index is 1.31. The molecule has 6 heteroatoms. The second-order valence-electron chi connectivity index (χ2n) is 8.46. The number of likely N-dealkylation sites (tertiary alicyclic amines) is 1. The molecule has 1 aliphatic carbocycles. The maximum absolute atomic E-state index is 13.1. The largest absolute Gasteiger partial charge is 0.342 e. The van der Waals surface area contributed by atoms with E-state index in [0.717, 1.165) is 69.0 Å². The van der Waals surface area contributed by atoms with E-state index in [1.54, 1.807) is 0 Å². The molecule has 3 fully saturated rings. The lowest BCUT2D eigenvalue weighted by Gasteiger charge is -2.41. The first-order chi connectivity index (χ1) is 13.5. The summed E-state index contributed by atoms with van der Waals surface area (Å²) < 4.78 is 0. The van der Waals surface area contributed by atoms with Crippen LogP contribution in [0.1, 0.15) is 44.2 Å². The SMILES string of the molecule is CC(c1ccccc1Cl)N1CCN(C(=O)C2CCCN(C(=O)C3CC3)C2)CC1. The van der Waals surface area contributed by atoms with Crippen molar-refractivity contribution >= 4 is 23.4 Å². The van der Waals surface area contributed by atoms with Crippen molar-refractivity contribution < 1.29 is 9.59 Å². The molecular weight excluding hydrogens is 374 g/mol. The van der Waals surface area contributed by atoms with Crippen molar-refractivity contribution in [1.82, 2.24) is 14.7 Å². The number of hydrogen-bond donors (Lipinski definition) is 0. The number of piperidine rings is 1. The van der Waals surface area contributed by atoms with E-state index in [-0.39, 0.29) is 29.7 Å². The highest BCUT2D eigenvalue weighted by Gasteiger charge is 2.38. The Hall–Kier alpha value is -1.59. The van der Waals surface area contributed by atoms with Crippen molar-refractivity contribution in [2.24, 2.45) is 11.8 Å². The number of benzene rings is 1. The van der Waals surface area contributed by atoms with Crippen LogP contribution < -0.4 is 0 Å². The van der Waals surface area contributed by atoms with E-state index in [2.05, 4.69) is 17.9 Å². The second kappa shape index (κ2) is 8.42. The van der Waals surface area contributed by atoms with E-state index in [9.17, 15) is 9.59 Å². The number of nitrogens with zero attached hydrogens (tertiary/aromatic N) is 3. The molecule has 2 aliphatic heterocycles. The van der Waals surface area contributed by atoms with Gasteiger partial charge in [-0.05, 0) is 44.2 Å². The first-order valence-electron chi connectivity index (χ1n) is 10.6. The third-order valence-electron chi connectivity index (χ3n) is 6.54. The average Bonchev–Trinajstić information content (AvgIpc) is 3.58. The molecule has 1 aromatic carbocycles. The number of amides is 2. The van der Waals surface area contributed by atoms with Gasteiger partial charge in [0.25, 0.3) is 0 Å². The van der Waals surface area contributed by atoms with Gasteiger partial charge in [-0.2, -0.15) is 0 Å². The van der Waals surface area contributed by atoms with Crippen molar-refractivity contribution in [2.75, 3.05) is 39.3 Å². The maximum atomic E-state index is 13.1. The molecule has 4 rings (SSSR count). The third kappa shape index (κ3) is 4.20. The van der Waals surface area contributed by atoms with Gasteiger partial charge in [-0.3, -0.25) is 14.5 Å². The van der Waals surface area contributed by atoms with Crippen molar-refractivity contribution in [1.29, 1.82) is 0 Å². The molecule has 1 aromatic rings. The highest BCUT2D eigenvalue weighted by molar-refractivity contribution is 6.31. The van der Waals surface area contributed by atoms with Crippen LogP contribution in [-0.4, -0.2) is 65.8 Å². The molecule has 2 amide bonds. The van der Waals surface area contributed by atoms with Crippen LogP contribution in [0.3, 0.4) is 0 Å². The van der Waals surface area contributed by atoms with Crippen molar-refractivity contribution in [3.8, 4) is 0 Å². The fourth-order valence-corrected chi connectivity index (χ4v) is 4.86. The molecule has 2 atom stereocenters. The van der Waals surface area contributed by atoms with Crippen LogP contribution in [0.15, 0.2) is 24.3 Å². The Labute approximate surface area is 172 Å². The number of piperazine rings is 1. The Bertz CT molecular complexity index is 728. The lowest BCUT2D eigenvalue weighted by Crippen LogP contribution is -2.53. The van der Waals surface area contributed by atoms with Gasteiger partial charge < -0.3 is 9.80 Å². The predicted octanol–water partition coefficient (Wildman–Crippen LogP) is 3.19. The first kappa shape index (κ1) is 19.7. The predicted molar refractivity (Wildman–Crippen MR) is 110 cm³/mol. The van der Waals surface area contributed by atoms with Gasteiger partial charge >= 0.3 is 0 Å².